The normalized spacial score (nSPS) is 17.2. The fourth-order valence-corrected chi connectivity index (χ4v) is 24.2. The van der Waals surface area contributed by atoms with Crippen LogP contribution in [0, 0.1) is 0 Å². The molecule has 0 amide bonds. The Morgan fingerprint density at radius 1 is 1.13 bits per heavy atom. The van der Waals surface area contributed by atoms with Gasteiger partial charge in [-0.1, -0.05) is 0 Å². The number of fused-ring (bicyclic) bond motifs is 1. The van der Waals surface area contributed by atoms with Crippen LogP contribution in [0.2, 0.25) is 9.26 Å². The number of hydrogen-bond donors (Lipinski definition) is 1. The number of hydrogen-bond acceptors (Lipinski definition) is 1. The molecule has 2 rings (SSSR count). The molecular formula is C16H29BrI3NSiZr. The van der Waals surface area contributed by atoms with Crippen molar-refractivity contribution in [3.8, 4) is 0 Å². The summed E-state index contributed by atoms with van der Waals surface area (Å²) in [7, 11) is 0. The van der Waals surface area contributed by atoms with Gasteiger partial charge in [-0.2, -0.15) is 0 Å². The van der Waals surface area contributed by atoms with Gasteiger partial charge in [0, 0.05) is 0 Å². The minimum absolute atomic E-state index is 0. The van der Waals surface area contributed by atoms with Crippen molar-refractivity contribution in [2.75, 3.05) is 0 Å². The van der Waals surface area contributed by atoms with Crippen LogP contribution in [-0.4, -0.2) is 12.4 Å². The molecule has 23 heavy (non-hydrogen) atoms. The van der Waals surface area contributed by atoms with E-state index in [2.05, 4.69) is 87.3 Å². The molecule has 1 aliphatic rings. The molecule has 0 bridgehead atoms. The van der Waals surface area contributed by atoms with Crippen molar-refractivity contribution < 1.29 is 17.7 Å². The minimum atomic E-state index is -3.04. The van der Waals surface area contributed by atoms with Gasteiger partial charge in [0.15, 0.2) is 0 Å². The summed E-state index contributed by atoms with van der Waals surface area (Å²) in [5.74, 6) is 0. The third-order valence-electron chi connectivity index (χ3n) is 3.94. The summed E-state index contributed by atoms with van der Waals surface area (Å²) >= 11 is 0.671. The number of nitrogens with one attached hydrogen (secondary N) is 1. The van der Waals surface area contributed by atoms with Gasteiger partial charge in [0.05, 0.1) is 0 Å². The van der Waals surface area contributed by atoms with Gasteiger partial charge in [0.2, 0.25) is 0 Å². The second kappa shape index (κ2) is 9.26. The van der Waals surface area contributed by atoms with Crippen LogP contribution < -0.4 is 3.26 Å². The molecule has 134 valence electrons. The Kier molecular flexibility index (Phi) is 11.2. The minimum Gasteiger partial charge on any atom is -0.107 e. The van der Waals surface area contributed by atoms with E-state index in [-0.39, 0.29) is 77.5 Å². The predicted molar refractivity (Wildman–Crippen MR) is 140 cm³/mol. The molecule has 1 unspecified atom stereocenters. The summed E-state index contributed by atoms with van der Waals surface area (Å²) in [6, 6.07) is 6.64. The zero-order chi connectivity index (χ0) is 15.4. The molecule has 0 saturated carbocycles. The number of halogens is 4. The second-order valence-corrected chi connectivity index (χ2v) is 37.8. The van der Waals surface area contributed by atoms with E-state index in [1.54, 1.807) is 0 Å². The Balaban J connectivity index is 0. The predicted octanol–water partition coefficient (Wildman–Crippen LogP) is 6.40. The molecule has 0 fully saturated rings. The van der Waals surface area contributed by atoms with E-state index < -0.39 is 17.7 Å². The van der Waals surface area contributed by atoms with Gasteiger partial charge in [-0.05, 0) is 0 Å². The molecule has 1 N–H and O–H groups in total. The third kappa shape index (κ3) is 6.66. The summed E-state index contributed by atoms with van der Waals surface area (Å²) in [5, 5.41) is 0. The molecule has 1 aromatic carbocycles. The van der Waals surface area contributed by atoms with Crippen molar-refractivity contribution in [2.45, 2.75) is 46.1 Å². The van der Waals surface area contributed by atoms with Gasteiger partial charge in [0.25, 0.3) is 0 Å². The maximum atomic E-state index is 4.07. The van der Waals surface area contributed by atoms with E-state index in [4.69, 9.17) is 0 Å². The van der Waals surface area contributed by atoms with Crippen LogP contribution in [0.25, 0.3) is 6.08 Å². The van der Waals surface area contributed by atoms with E-state index in [0.29, 0.717) is 3.63 Å². The van der Waals surface area contributed by atoms with Crippen molar-refractivity contribution >= 4 is 101 Å². The fraction of sp³-hybridized carbons (Fsp3) is 0.500. The van der Waals surface area contributed by atoms with Crippen molar-refractivity contribution in [1.82, 2.24) is 3.26 Å². The van der Waals surface area contributed by atoms with E-state index in [9.17, 15) is 0 Å². The third-order valence-corrected chi connectivity index (χ3v) is 18.4. The first-order valence-electron chi connectivity index (χ1n) is 7.23. The summed E-state index contributed by atoms with van der Waals surface area (Å²) in [6.45, 7) is 11.4. The number of benzene rings is 1. The maximum absolute atomic E-state index is 4.07. The first kappa shape index (κ1) is 27.9. The largest absolute Gasteiger partial charge is 0.107 e. The monoisotopic (exact) mass is 813 g/mol. The molecule has 1 atom stereocenters. The molecule has 0 spiro atoms. The second-order valence-electron chi connectivity index (χ2n) is 8.25. The van der Waals surface area contributed by atoms with Crippen molar-refractivity contribution in [3.05, 3.63) is 39.4 Å². The van der Waals surface area contributed by atoms with Gasteiger partial charge in [-0.3, -0.25) is 0 Å². The Bertz CT molecular complexity index is 662. The van der Waals surface area contributed by atoms with Crippen LogP contribution in [0.3, 0.4) is 0 Å². The Hall–Kier alpha value is 2.69. The number of rotatable bonds is 2. The first-order chi connectivity index (χ1) is 8.89. The van der Waals surface area contributed by atoms with Crippen molar-refractivity contribution in [2.24, 2.45) is 0 Å². The smallest absolute Gasteiger partial charge is 0.107 e. The van der Waals surface area contributed by atoms with Crippen molar-refractivity contribution in [3.63, 3.8) is 0 Å². The quantitative estimate of drug-likeness (QED) is 0.270. The van der Waals surface area contributed by atoms with Gasteiger partial charge < -0.3 is 0 Å². The average molecular weight is 815 g/mol. The molecular weight excluding hydrogens is 786 g/mol. The SMILES string of the molecule is CC1=Cc2c(Br)cccc2[CH]1[Zr]([CH3])([CH3])(=[SiH2])[NH]C(C)(C)C.I.I.I. The molecule has 0 saturated heterocycles. The number of allylic oxidation sites excluding steroid dienone is 1. The Labute approximate surface area is 204 Å². The fourth-order valence-electron chi connectivity index (χ4n) is 4.05. The van der Waals surface area contributed by atoms with E-state index in [1.807, 2.05) is 0 Å². The van der Waals surface area contributed by atoms with Crippen LogP contribution in [0.4, 0.5) is 0 Å². The molecule has 1 aliphatic carbocycles. The summed E-state index contributed by atoms with van der Waals surface area (Å²) in [4.78, 5) is 0. The van der Waals surface area contributed by atoms with Crippen LogP contribution in [0.15, 0.2) is 28.2 Å². The summed E-state index contributed by atoms with van der Waals surface area (Å²) < 4.78 is 11.0. The molecule has 1 nitrogen and oxygen atoms in total. The Morgan fingerprint density at radius 3 is 2.13 bits per heavy atom. The van der Waals surface area contributed by atoms with E-state index in [1.165, 1.54) is 21.2 Å². The van der Waals surface area contributed by atoms with Gasteiger partial charge >= 0.3 is 135 Å². The molecule has 0 heterocycles. The van der Waals surface area contributed by atoms with Crippen LogP contribution in [-0.2, 0) is 17.7 Å². The van der Waals surface area contributed by atoms with Crippen LogP contribution >= 0.6 is 87.9 Å². The zero-order valence-corrected chi connectivity index (χ0v) is 27.1. The van der Waals surface area contributed by atoms with Crippen LogP contribution in [0.1, 0.15) is 42.4 Å². The van der Waals surface area contributed by atoms with E-state index in [0.717, 1.165) is 0 Å². The van der Waals surface area contributed by atoms with E-state index >= 15 is 0 Å². The average Bonchev–Trinajstić information content (AvgIpc) is 2.51. The maximum Gasteiger partial charge on any atom is -0.107 e. The van der Waals surface area contributed by atoms with Crippen LogP contribution in [0.5, 0.6) is 0 Å². The summed E-state index contributed by atoms with van der Waals surface area (Å²) in [5.41, 5.74) is 4.60. The standard InChI is InChI=1S/C10H8Br.C4H10N.2CH3.3HI.H2Si.Zr/c1-7-5-8-3-2-4-10(11)9(8)6-7;1-4(2,3)5;;;;;;;/h2-6H,1H3;5H,1-3H3;2*1H3;3*1H;1H2;/q;-1;;;;;;;+1. The molecule has 7 heteroatoms. The molecule has 0 aromatic heterocycles. The molecule has 0 aliphatic heterocycles. The summed E-state index contributed by atoms with van der Waals surface area (Å²) in [6.07, 6.45) is 2.38. The van der Waals surface area contributed by atoms with Gasteiger partial charge in [-0.25, -0.2) is 0 Å². The van der Waals surface area contributed by atoms with Gasteiger partial charge in [-0.15, -0.1) is 71.9 Å². The Morgan fingerprint density at radius 2 is 1.65 bits per heavy atom. The zero-order valence-electron chi connectivity index (χ0n) is 14.7. The topological polar surface area (TPSA) is 12.0 Å². The van der Waals surface area contributed by atoms with Gasteiger partial charge in [0.1, 0.15) is 0 Å². The molecule has 0 radical (unpaired) electrons. The first-order valence-corrected chi connectivity index (χ1v) is 21.5. The van der Waals surface area contributed by atoms with Crippen molar-refractivity contribution in [1.29, 1.82) is 0 Å². The molecule has 1 aromatic rings.